The number of hydrogen-bond acceptors (Lipinski definition) is 1. The van der Waals surface area contributed by atoms with Crippen molar-refractivity contribution in [3.8, 4) is 0 Å². The smallest absolute Gasteiger partial charge is 0.372 e. The minimum atomic E-state index is -4.78. The average Bonchev–Trinajstić information content (AvgIpc) is 2.38. The van der Waals surface area contributed by atoms with Crippen molar-refractivity contribution in [2.75, 3.05) is 0 Å². The zero-order chi connectivity index (χ0) is 13.2. The van der Waals surface area contributed by atoms with E-state index in [2.05, 4.69) is 0 Å². The molecule has 0 fully saturated rings. The zero-order valence-electron chi connectivity index (χ0n) is 9.35. The molecule has 0 unspecified atom stereocenters. The fraction of sp³-hybridized carbons (Fsp3) is 0.143. The van der Waals surface area contributed by atoms with E-state index in [9.17, 15) is 18.3 Å². The van der Waals surface area contributed by atoms with Gasteiger partial charge in [-0.25, -0.2) is 0 Å². The van der Waals surface area contributed by atoms with Crippen LogP contribution in [-0.2, 0) is 5.60 Å². The highest BCUT2D eigenvalue weighted by molar-refractivity contribution is 5.37. The molecule has 0 aromatic heterocycles. The van der Waals surface area contributed by atoms with Crippen LogP contribution in [0.2, 0.25) is 0 Å². The minimum Gasteiger partial charge on any atom is -0.372 e. The molecule has 0 aliphatic rings. The van der Waals surface area contributed by atoms with Crippen molar-refractivity contribution >= 4 is 0 Å². The zero-order valence-corrected chi connectivity index (χ0v) is 9.35. The van der Waals surface area contributed by atoms with E-state index in [1.807, 2.05) is 0 Å². The molecule has 2 aromatic rings. The second kappa shape index (κ2) is 4.46. The summed E-state index contributed by atoms with van der Waals surface area (Å²) in [6.45, 7) is 0. The Hall–Kier alpha value is -1.81. The van der Waals surface area contributed by atoms with E-state index < -0.39 is 11.8 Å². The summed E-state index contributed by atoms with van der Waals surface area (Å²) in [6.07, 6.45) is -4.78. The van der Waals surface area contributed by atoms with Gasteiger partial charge in [0.15, 0.2) is 0 Å². The van der Waals surface area contributed by atoms with Crippen molar-refractivity contribution in [3.63, 3.8) is 0 Å². The molecule has 0 aliphatic heterocycles. The second-order valence-corrected chi connectivity index (χ2v) is 3.94. The SMILES string of the molecule is OC(c1ccccc1)(c1ccccc1)C(F)(F)F. The van der Waals surface area contributed by atoms with Crippen molar-refractivity contribution in [1.29, 1.82) is 0 Å². The molecular weight excluding hydrogens is 241 g/mol. The van der Waals surface area contributed by atoms with E-state index >= 15 is 0 Å². The first-order chi connectivity index (χ1) is 8.46. The number of hydrogen-bond donors (Lipinski definition) is 1. The summed E-state index contributed by atoms with van der Waals surface area (Å²) in [7, 11) is 0. The Balaban J connectivity index is 2.63. The maximum Gasteiger partial charge on any atom is 0.425 e. The molecule has 0 spiro atoms. The van der Waals surface area contributed by atoms with E-state index in [1.54, 1.807) is 12.1 Å². The summed E-state index contributed by atoms with van der Waals surface area (Å²) in [5.41, 5.74) is -3.36. The van der Waals surface area contributed by atoms with Crippen LogP contribution in [0.3, 0.4) is 0 Å². The summed E-state index contributed by atoms with van der Waals surface area (Å²) in [4.78, 5) is 0. The van der Waals surface area contributed by atoms with Crippen LogP contribution in [0, 0.1) is 0 Å². The summed E-state index contributed by atoms with van der Waals surface area (Å²) < 4.78 is 39.7. The van der Waals surface area contributed by atoms with Gasteiger partial charge >= 0.3 is 6.18 Å². The van der Waals surface area contributed by atoms with Crippen molar-refractivity contribution in [2.24, 2.45) is 0 Å². The maximum atomic E-state index is 13.2. The van der Waals surface area contributed by atoms with Crippen LogP contribution in [0.5, 0.6) is 0 Å². The highest BCUT2D eigenvalue weighted by Gasteiger charge is 2.56. The van der Waals surface area contributed by atoms with Crippen LogP contribution in [0.4, 0.5) is 13.2 Å². The molecule has 0 bridgehead atoms. The summed E-state index contributed by atoms with van der Waals surface area (Å²) >= 11 is 0. The summed E-state index contributed by atoms with van der Waals surface area (Å²) in [6, 6.07) is 14.1. The van der Waals surface area contributed by atoms with E-state index in [1.165, 1.54) is 48.5 Å². The van der Waals surface area contributed by atoms with Gasteiger partial charge in [0.2, 0.25) is 5.60 Å². The lowest BCUT2D eigenvalue weighted by molar-refractivity contribution is -0.248. The third-order valence-corrected chi connectivity index (χ3v) is 2.79. The largest absolute Gasteiger partial charge is 0.425 e. The standard InChI is InChI=1S/C14H11F3O/c15-14(16,17)13(18,11-7-3-1-4-8-11)12-9-5-2-6-10-12/h1-10,18H. The van der Waals surface area contributed by atoms with E-state index in [4.69, 9.17) is 0 Å². The van der Waals surface area contributed by atoms with E-state index in [-0.39, 0.29) is 11.1 Å². The van der Waals surface area contributed by atoms with Crippen LogP contribution in [0.25, 0.3) is 0 Å². The van der Waals surface area contributed by atoms with Crippen molar-refractivity contribution in [1.82, 2.24) is 0 Å². The van der Waals surface area contributed by atoms with Crippen molar-refractivity contribution in [3.05, 3.63) is 71.8 Å². The monoisotopic (exact) mass is 252 g/mol. The van der Waals surface area contributed by atoms with E-state index in [0.717, 1.165) is 0 Å². The fourth-order valence-electron chi connectivity index (χ4n) is 1.85. The number of benzene rings is 2. The lowest BCUT2D eigenvalue weighted by atomic mass is 9.86. The molecule has 0 saturated heterocycles. The highest BCUT2D eigenvalue weighted by Crippen LogP contribution is 2.43. The third kappa shape index (κ3) is 1.99. The Labute approximate surface area is 103 Å². The summed E-state index contributed by atoms with van der Waals surface area (Å²) in [5, 5.41) is 10.2. The molecule has 18 heavy (non-hydrogen) atoms. The van der Waals surface area contributed by atoms with Gasteiger partial charge in [0.25, 0.3) is 0 Å². The summed E-state index contributed by atoms with van der Waals surface area (Å²) in [5.74, 6) is 0. The molecule has 0 aliphatic carbocycles. The number of alkyl halides is 3. The van der Waals surface area contributed by atoms with E-state index in [0.29, 0.717) is 0 Å². The predicted octanol–water partition coefficient (Wildman–Crippen LogP) is 3.48. The first-order valence-electron chi connectivity index (χ1n) is 5.36. The Kier molecular flexibility index (Phi) is 3.13. The molecule has 0 atom stereocenters. The van der Waals surface area contributed by atoms with Gasteiger partial charge in [-0.3, -0.25) is 0 Å². The fourth-order valence-corrected chi connectivity index (χ4v) is 1.85. The molecular formula is C14H11F3O. The normalized spacial score (nSPS) is 12.4. The topological polar surface area (TPSA) is 20.2 Å². The van der Waals surface area contributed by atoms with Crippen molar-refractivity contribution in [2.45, 2.75) is 11.8 Å². The van der Waals surface area contributed by atoms with Gasteiger partial charge < -0.3 is 5.11 Å². The van der Waals surface area contributed by atoms with Crippen LogP contribution < -0.4 is 0 Å². The lowest BCUT2D eigenvalue weighted by Crippen LogP contribution is -2.43. The minimum absolute atomic E-state index is 0.191. The van der Waals surface area contributed by atoms with Crippen LogP contribution in [-0.4, -0.2) is 11.3 Å². The Morgan fingerprint density at radius 1 is 0.667 bits per heavy atom. The van der Waals surface area contributed by atoms with Gasteiger partial charge in [0.1, 0.15) is 0 Å². The van der Waals surface area contributed by atoms with Crippen LogP contribution in [0.15, 0.2) is 60.7 Å². The molecule has 2 rings (SSSR count). The Bertz CT molecular complexity index is 466. The Morgan fingerprint density at radius 2 is 1.00 bits per heavy atom. The molecule has 2 aromatic carbocycles. The lowest BCUT2D eigenvalue weighted by Gasteiger charge is -2.31. The van der Waals surface area contributed by atoms with Crippen LogP contribution in [0.1, 0.15) is 11.1 Å². The van der Waals surface area contributed by atoms with Gasteiger partial charge in [0.05, 0.1) is 0 Å². The molecule has 0 heterocycles. The average molecular weight is 252 g/mol. The maximum absolute atomic E-state index is 13.2. The molecule has 0 amide bonds. The molecule has 1 nitrogen and oxygen atoms in total. The van der Waals surface area contributed by atoms with Crippen LogP contribution >= 0.6 is 0 Å². The van der Waals surface area contributed by atoms with Gasteiger partial charge in [-0.05, 0) is 11.1 Å². The first kappa shape index (κ1) is 12.6. The van der Waals surface area contributed by atoms with Gasteiger partial charge in [-0.1, -0.05) is 60.7 Å². The number of rotatable bonds is 2. The second-order valence-electron chi connectivity index (χ2n) is 3.94. The van der Waals surface area contributed by atoms with Gasteiger partial charge in [-0.15, -0.1) is 0 Å². The Morgan fingerprint density at radius 3 is 1.28 bits per heavy atom. The number of aliphatic hydroxyl groups is 1. The number of halogens is 3. The predicted molar refractivity (Wildman–Crippen MR) is 61.9 cm³/mol. The quantitative estimate of drug-likeness (QED) is 0.867. The van der Waals surface area contributed by atoms with Gasteiger partial charge in [0, 0.05) is 0 Å². The molecule has 0 saturated carbocycles. The molecule has 4 heteroatoms. The molecule has 94 valence electrons. The van der Waals surface area contributed by atoms with Gasteiger partial charge in [-0.2, -0.15) is 13.2 Å². The molecule has 0 radical (unpaired) electrons. The highest BCUT2D eigenvalue weighted by atomic mass is 19.4. The first-order valence-corrected chi connectivity index (χ1v) is 5.36. The van der Waals surface area contributed by atoms with Crippen molar-refractivity contribution < 1.29 is 18.3 Å². The third-order valence-electron chi connectivity index (χ3n) is 2.79. The molecule has 1 N–H and O–H groups in total.